The molecule has 1 amide bonds. The van der Waals surface area contributed by atoms with Gasteiger partial charge in [-0.05, 0) is 29.7 Å². The summed E-state index contributed by atoms with van der Waals surface area (Å²) >= 11 is 0. The summed E-state index contributed by atoms with van der Waals surface area (Å²) in [5.74, 6) is -2.24. The van der Waals surface area contributed by atoms with E-state index in [1.807, 2.05) is 36.4 Å². The molecule has 2 aromatic rings. The number of carboxylic acid groups (broad SMARTS) is 1. The number of nitrogens with one attached hydrogen (secondary N) is 1. The predicted octanol–water partition coefficient (Wildman–Crippen LogP) is 2.70. The predicted molar refractivity (Wildman–Crippen MR) is 92.7 cm³/mol. The summed E-state index contributed by atoms with van der Waals surface area (Å²) in [5, 5.41) is 12.1. The molecular weight excluding hydrogens is 365 g/mol. The lowest BCUT2D eigenvalue weighted by Crippen LogP contribution is -2.50. The first-order valence-electron chi connectivity index (χ1n) is 8.05. The molecule has 27 heavy (non-hydrogen) atoms. The van der Waals surface area contributed by atoms with Crippen LogP contribution in [0.15, 0.2) is 36.4 Å². The third-order valence-corrected chi connectivity index (χ3v) is 4.09. The molecule has 1 aliphatic rings. The van der Waals surface area contributed by atoms with Gasteiger partial charge in [-0.1, -0.05) is 30.3 Å². The van der Waals surface area contributed by atoms with Gasteiger partial charge < -0.3 is 20.9 Å². The second-order valence-corrected chi connectivity index (χ2v) is 6.07. The van der Waals surface area contributed by atoms with Crippen molar-refractivity contribution in [3.8, 4) is 5.75 Å². The summed E-state index contributed by atoms with van der Waals surface area (Å²) in [6.45, 7) is 0. The third kappa shape index (κ3) is 5.10. The number of aliphatic carboxylic acids is 1. The second kappa shape index (κ2) is 8.26. The first-order chi connectivity index (χ1) is 12.6. The van der Waals surface area contributed by atoms with E-state index in [0.29, 0.717) is 11.3 Å². The topological polar surface area (TPSA) is 102 Å². The zero-order chi connectivity index (χ0) is 20.2. The van der Waals surface area contributed by atoms with Crippen LogP contribution in [0.2, 0.25) is 0 Å². The number of halogens is 3. The zero-order valence-corrected chi connectivity index (χ0v) is 14.4. The SMILES string of the molecule is COc1ccc2ccccc2c1C(=O)NC1CC(N)C1.O=C(O)C(F)(F)F. The van der Waals surface area contributed by atoms with Crippen LogP contribution < -0.4 is 15.8 Å². The Bertz CT molecular complexity index is 833. The largest absolute Gasteiger partial charge is 0.496 e. The summed E-state index contributed by atoms with van der Waals surface area (Å²) in [5.41, 5.74) is 6.36. The summed E-state index contributed by atoms with van der Waals surface area (Å²) in [6, 6.07) is 12.0. The molecule has 4 N–H and O–H groups in total. The Balaban J connectivity index is 0.000000321. The molecule has 0 heterocycles. The highest BCUT2D eigenvalue weighted by Gasteiger charge is 2.38. The van der Waals surface area contributed by atoms with Gasteiger partial charge in [-0.2, -0.15) is 13.2 Å². The number of rotatable bonds is 3. The van der Waals surface area contributed by atoms with Crippen LogP contribution in [-0.2, 0) is 4.79 Å². The lowest BCUT2D eigenvalue weighted by Gasteiger charge is -2.33. The molecule has 3 rings (SSSR count). The van der Waals surface area contributed by atoms with Gasteiger partial charge in [0, 0.05) is 12.1 Å². The van der Waals surface area contributed by atoms with Crippen molar-refractivity contribution in [2.45, 2.75) is 31.1 Å². The smallest absolute Gasteiger partial charge is 0.490 e. The van der Waals surface area contributed by atoms with Crippen LogP contribution >= 0.6 is 0 Å². The zero-order valence-electron chi connectivity index (χ0n) is 14.4. The number of amides is 1. The molecule has 1 fully saturated rings. The van der Waals surface area contributed by atoms with Gasteiger partial charge in [0.2, 0.25) is 0 Å². The molecule has 0 bridgehead atoms. The molecular formula is C18H19F3N2O4. The molecule has 0 atom stereocenters. The number of carbonyl (C=O) groups excluding carboxylic acids is 1. The van der Waals surface area contributed by atoms with E-state index in [2.05, 4.69) is 5.32 Å². The van der Waals surface area contributed by atoms with E-state index in [9.17, 15) is 18.0 Å². The van der Waals surface area contributed by atoms with Crippen LogP contribution in [0, 0.1) is 0 Å². The Labute approximate surface area is 153 Å². The number of fused-ring (bicyclic) bond motifs is 1. The number of hydrogen-bond acceptors (Lipinski definition) is 4. The standard InChI is InChI=1S/C16H18N2O2.C2HF3O2/c1-20-14-7-6-10-4-2-3-5-13(10)15(14)16(19)18-12-8-11(17)9-12;3-2(4,5)1(6)7/h2-7,11-12H,8-9,17H2,1H3,(H,18,19);(H,6,7). The van der Waals surface area contributed by atoms with Gasteiger partial charge in [0.15, 0.2) is 0 Å². The normalized spacial score (nSPS) is 18.7. The monoisotopic (exact) mass is 384 g/mol. The molecule has 0 aliphatic heterocycles. The Morgan fingerprint density at radius 1 is 1.19 bits per heavy atom. The average Bonchev–Trinajstić information content (AvgIpc) is 2.58. The minimum absolute atomic E-state index is 0.0875. The van der Waals surface area contributed by atoms with Crippen molar-refractivity contribution in [2.24, 2.45) is 5.73 Å². The number of hydrogen-bond donors (Lipinski definition) is 3. The van der Waals surface area contributed by atoms with E-state index in [0.717, 1.165) is 23.6 Å². The first kappa shape index (κ1) is 20.5. The quantitative estimate of drug-likeness (QED) is 0.755. The van der Waals surface area contributed by atoms with Gasteiger partial charge in [-0.15, -0.1) is 0 Å². The summed E-state index contributed by atoms with van der Waals surface area (Å²) in [4.78, 5) is 21.4. The fourth-order valence-corrected chi connectivity index (χ4v) is 2.69. The Morgan fingerprint density at radius 2 is 1.78 bits per heavy atom. The van der Waals surface area contributed by atoms with Crippen molar-refractivity contribution in [3.63, 3.8) is 0 Å². The maximum absolute atomic E-state index is 12.5. The molecule has 6 nitrogen and oxygen atoms in total. The highest BCUT2D eigenvalue weighted by Crippen LogP contribution is 2.28. The Hall–Kier alpha value is -2.81. The van der Waals surface area contributed by atoms with E-state index < -0.39 is 12.1 Å². The number of carboxylic acids is 1. The molecule has 0 aromatic heterocycles. The van der Waals surface area contributed by atoms with Crippen LogP contribution in [0.4, 0.5) is 13.2 Å². The summed E-state index contributed by atoms with van der Waals surface area (Å²) < 4.78 is 37.1. The van der Waals surface area contributed by atoms with Crippen molar-refractivity contribution in [1.29, 1.82) is 0 Å². The highest BCUT2D eigenvalue weighted by molar-refractivity contribution is 6.09. The third-order valence-electron chi connectivity index (χ3n) is 4.09. The van der Waals surface area contributed by atoms with E-state index >= 15 is 0 Å². The molecule has 1 aliphatic carbocycles. The van der Waals surface area contributed by atoms with Crippen LogP contribution in [0.1, 0.15) is 23.2 Å². The number of benzene rings is 2. The van der Waals surface area contributed by atoms with Gasteiger partial charge in [-0.3, -0.25) is 4.79 Å². The van der Waals surface area contributed by atoms with Crippen LogP contribution in [-0.4, -0.2) is 42.4 Å². The highest BCUT2D eigenvalue weighted by atomic mass is 19.4. The minimum Gasteiger partial charge on any atom is -0.496 e. The van der Waals surface area contributed by atoms with Gasteiger partial charge in [-0.25, -0.2) is 4.79 Å². The van der Waals surface area contributed by atoms with Crippen molar-refractivity contribution in [3.05, 3.63) is 42.0 Å². The molecule has 0 spiro atoms. The van der Waals surface area contributed by atoms with E-state index in [1.54, 1.807) is 7.11 Å². The van der Waals surface area contributed by atoms with Crippen LogP contribution in [0.3, 0.4) is 0 Å². The Kier molecular flexibility index (Phi) is 6.27. The minimum atomic E-state index is -5.08. The number of alkyl halides is 3. The van der Waals surface area contributed by atoms with Crippen molar-refractivity contribution in [1.82, 2.24) is 5.32 Å². The molecule has 0 saturated heterocycles. The number of carbonyl (C=O) groups is 2. The van der Waals surface area contributed by atoms with Gasteiger partial charge in [0.25, 0.3) is 5.91 Å². The second-order valence-electron chi connectivity index (χ2n) is 6.07. The molecule has 1 saturated carbocycles. The summed E-state index contributed by atoms with van der Waals surface area (Å²) in [7, 11) is 1.58. The lowest BCUT2D eigenvalue weighted by molar-refractivity contribution is -0.192. The number of ether oxygens (including phenoxy) is 1. The molecule has 9 heteroatoms. The van der Waals surface area contributed by atoms with Gasteiger partial charge in [0.05, 0.1) is 12.7 Å². The van der Waals surface area contributed by atoms with Crippen molar-refractivity contribution in [2.75, 3.05) is 7.11 Å². The number of methoxy groups -OCH3 is 1. The average molecular weight is 384 g/mol. The maximum Gasteiger partial charge on any atom is 0.490 e. The molecule has 146 valence electrons. The molecule has 2 aromatic carbocycles. The van der Waals surface area contributed by atoms with E-state index in [-0.39, 0.29) is 18.0 Å². The van der Waals surface area contributed by atoms with E-state index in [4.69, 9.17) is 20.4 Å². The molecule has 0 radical (unpaired) electrons. The Morgan fingerprint density at radius 3 is 2.30 bits per heavy atom. The van der Waals surface area contributed by atoms with Crippen LogP contribution in [0.25, 0.3) is 10.8 Å². The van der Waals surface area contributed by atoms with Crippen molar-refractivity contribution >= 4 is 22.6 Å². The maximum atomic E-state index is 12.5. The first-order valence-corrected chi connectivity index (χ1v) is 8.05. The van der Waals surface area contributed by atoms with Crippen LogP contribution in [0.5, 0.6) is 5.75 Å². The molecule has 0 unspecified atom stereocenters. The summed E-state index contributed by atoms with van der Waals surface area (Å²) in [6.07, 6.45) is -3.39. The van der Waals surface area contributed by atoms with Gasteiger partial charge in [0.1, 0.15) is 5.75 Å². The van der Waals surface area contributed by atoms with E-state index in [1.165, 1.54) is 0 Å². The van der Waals surface area contributed by atoms with Crippen molar-refractivity contribution < 1.29 is 32.6 Å². The fraction of sp³-hybridized carbons (Fsp3) is 0.333. The fourth-order valence-electron chi connectivity index (χ4n) is 2.69. The lowest BCUT2D eigenvalue weighted by atomic mass is 9.87. The van der Waals surface area contributed by atoms with Gasteiger partial charge >= 0.3 is 12.1 Å². The number of nitrogens with two attached hydrogens (primary N) is 1.